The Morgan fingerprint density at radius 3 is 2.64 bits per heavy atom. The summed E-state index contributed by atoms with van der Waals surface area (Å²) < 4.78 is 0. The monoisotopic (exact) mass is 175 g/mol. The standard InChI is InChI=1S/C9H21NS/c1-9-6-4-5-7-10(9)8-11(2)3/h9,11H,4-8H2,1-3H3. The number of likely N-dealkylation sites (tertiary alicyclic amines) is 1. The van der Waals surface area contributed by atoms with E-state index in [1.165, 1.54) is 31.7 Å². The quantitative estimate of drug-likeness (QED) is 0.629. The van der Waals surface area contributed by atoms with Crippen molar-refractivity contribution in [3.63, 3.8) is 0 Å². The molecular formula is C9H21NS. The second kappa shape index (κ2) is 4.36. The van der Waals surface area contributed by atoms with Crippen LogP contribution in [-0.2, 0) is 0 Å². The van der Waals surface area contributed by atoms with Crippen LogP contribution >= 0.6 is 10.9 Å². The van der Waals surface area contributed by atoms with Crippen LogP contribution in [0.4, 0.5) is 0 Å². The highest BCUT2D eigenvalue weighted by Gasteiger charge is 2.17. The van der Waals surface area contributed by atoms with E-state index in [0.717, 1.165) is 6.04 Å². The second-order valence-electron chi connectivity index (χ2n) is 3.88. The van der Waals surface area contributed by atoms with E-state index in [0.29, 0.717) is 0 Å². The Bertz CT molecular complexity index is 114. The van der Waals surface area contributed by atoms with Crippen LogP contribution in [0.5, 0.6) is 0 Å². The Morgan fingerprint density at radius 1 is 1.36 bits per heavy atom. The van der Waals surface area contributed by atoms with Crippen molar-refractivity contribution in [2.75, 3.05) is 24.9 Å². The molecule has 1 fully saturated rings. The smallest absolute Gasteiger partial charge is 0.0264 e. The summed E-state index contributed by atoms with van der Waals surface area (Å²) in [5.41, 5.74) is 0. The van der Waals surface area contributed by atoms with Crippen molar-refractivity contribution in [1.82, 2.24) is 4.90 Å². The zero-order valence-corrected chi connectivity index (χ0v) is 8.90. The number of piperidine rings is 1. The molecule has 0 aliphatic carbocycles. The molecule has 1 heterocycles. The average Bonchev–Trinajstić information content (AvgIpc) is 1.93. The zero-order valence-electron chi connectivity index (χ0n) is 8.01. The normalized spacial score (nSPS) is 28.6. The molecule has 11 heavy (non-hydrogen) atoms. The number of hydrogen-bond acceptors (Lipinski definition) is 1. The van der Waals surface area contributed by atoms with Crippen LogP contribution in [0.2, 0.25) is 0 Å². The maximum atomic E-state index is 2.66. The van der Waals surface area contributed by atoms with Crippen molar-refractivity contribution in [2.24, 2.45) is 0 Å². The van der Waals surface area contributed by atoms with E-state index in [2.05, 4.69) is 24.3 Å². The Morgan fingerprint density at radius 2 is 2.09 bits per heavy atom. The number of rotatable bonds is 2. The molecule has 0 radical (unpaired) electrons. The Kier molecular flexibility index (Phi) is 3.73. The molecule has 1 nitrogen and oxygen atoms in total. The lowest BCUT2D eigenvalue weighted by Crippen LogP contribution is -2.37. The highest BCUT2D eigenvalue weighted by Crippen LogP contribution is 2.22. The summed E-state index contributed by atoms with van der Waals surface area (Å²) in [4.78, 5) is 2.66. The fourth-order valence-electron chi connectivity index (χ4n) is 1.73. The van der Waals surface area contributed by atoms with Crippen molar-refractivity contribution in [3.8, 4) is 0 Å². The van der Waals surface area contributed by atoms with Crippen LogP contribution in [0.25, 0.3) is 0 Å². The van der Waals surface area contributed by atoms with Crippen molar-refractivity contribution >= 4 is 10.9 Å². The van der Waals surface area contributed by atoms with Gasteiger partial charge in [0, 0.05) is 11.9 Å². The van der Waals surface area contributed by atoms with E-state index in [1.807, 2.05) is 0 Å². The van der Waals surface area contributed by atoms with Gasteiger partial charge < -0.3 is 0 Å². The average molecular weight is 175 g/mol. The van der Waals surface area contributed by atoms with E-state index in [1.54, 1.807) is 0 Å². The molecule has 2 heteroatoms. The molecule has 0 aromatic rings. The summed E-state index contributed by atoms with van der Waals surface area (Å²) in [5, 5.41) is 0. The predicted octanol–water partition coefficient (Wildman–Crippen LogP) is 2.08. The molecule has 0 bridgehead atoms. The van der Waals surface area contributed by atoms with E-state index in [4.69, 9.17) is 0 Å². The van der Waals surface area contributed by atoms with Crippen molar-refractivity contribution in [3.05, 3.63) is 0 Å². The minimum atomic E-state index is 0.276. The van der Waals surface area contributed by atoms with Gasteiger partial charge in [0.25, 0.3) is 0 Å². The Labute approximate surface area is 73.5 Å². The van der Waals surface area contributed by atoms with Gasteiger partial charge in [-0.15, -0.1) is 0 Å². The van der Waals surface area contributed by atoms with E-state index in [-0.39, 0.29) is 10.9 Å². The highest BCUT2D eigenvalue weighted by molar-refractivity contribution is 8.15. The lowest BCUT2D eigenvalue weighted by Gasteiger charge is -2.35. The third-order valence-electron chi connectivity index (χ3n) is 2.41. The van der Waals surface area contributed by atoms with Gasteiger partial charge in [-0.1, -0.05) is 6.42 Å². The van der Waals surface area contributed by atoms with Crippen LogP contribution in [0.1, 0.15) is 26.2 Å². The molecule has 1 saturated heterocycles. The van der Waals surface area contributed by atoms with Gasteiger partial charge in [0.15, 0.2) is 0 Å². The van der Waals surface area contributed by atoms with Crippen LogP contribution in [0.3, 0.4) is 0 Å². The van der Waals surface area contributed by atoms with Gasteiger partial charge >= 0.3 is 0 Å². The maximum Gasteiger partial charge on any atom is 0.0264 e. The fraction of sp³-hybridized carbons (Fsp3) is 1.00. The molecule has 1 atom stereocenters. The van der Waals surface area contributed by atoms with E-state index in [9.17, 15) is 0 Å². The van der Waals surface area contributed by atoms with Crippen molar-refractivity contribution in [2.45, 2.75) is 32.2 Å². The molecule has 1 unspecified atom stereocenters. The molecule has 68 valence electrons. The van der Waals surface area contributed by atoms with Gasteiger partial charge in [0.05, 0.1) is 0 Å². The van der Waals surface area contributed by atoms with Crippen molar-refractivity contribution < 1.29 is 0 Å². The number of nitrogens with zero attached hydrogens (tertiary/aromatic N) is 1. The van der Waals surface area contributed by atoms with Gasteiger partial charge in [-0.3, -0.25) is 4.90 Å². The summed E-state index contributed by atoms with van der Waals surface area (Å²) in [6.07, 6.45) is 9.03. The first-order valence-electron chi connectivity index (χ1n) is 4.59. The van der Waals surface area contributed by atoms with Crippen LogP contribution in [0.15, 0.2) is 0 Å². The largest absolute Gasteiger partial charge is 0.293 e. The van der Waals surface area contributed by atoms with E-state index < -0.39 is 0 Å². The van der Waals surface area contributed by atoms with Crippen LogP contribution in [-0.4, -0.2) is 35.9 Å². The molecule has 1 aliphatic heterocycles. The first-order chi connectivity index (χ1) is 5.20. The topological polar surface area (TPSA) is 3.24 Å². The third-order valence-corrected chi connectivity index (χ3v) is 3.33. The molecule has 0 N–H and O–H groups in total. The van der Waals surface area contributed by atoms with Gasteiger partial charge in [-0.05, 0) is 38.8 Å². The molecule has 0 aromatic heterocycles. The summed E-state index contributed by atoms with van der Waals surface area (Å²) in [6.45, 7) is 3.72. The summed E-state index contributed by atoms with van der Waals surface area (Å²) in [5.74, 6) is 1.36. The number of hydrogen-bond donors (Lipinski definition) is 1. The highest BCUT2D eigenvalue weighted by atomic mass is 32.2. The van der Waals surface area contributed by atoms with Crippen molar-refractivity contribution in [1.29, 1.82) is 0 Å². The summed E-state index contributed by atoms with van der Waals surface area (Å²) in [7, 11) is 0.276. The zero-order chi connectivity index (χ0) is 8.27. The minimum absolute atomic E-state index is 0.276. The molecule has 0 spiro atoms. The lowest BCUT2D eigenvalue weighted by atomic mass is 10.1. The van der Waals surface area contributed by atoms with Gasteiger partial charge in [0.2, 0.25) is 0 Å². The van der Waals surface area contributed by atoms with Gasteiger partial charge in [0.1, 0.15) is 0 Å². The molecule has 0 aromatic carbocycles. The van der Waals surface area contributed by atoms with Gasteiger partial charge in [-0.25, -0.2) is 10.9 Å². The first-order valence-corrected chi connectivity index (χ1v) is 7.01. The van der Waals surface area contributed by atoms with Crippen LogP contribution < -0.4 is 0 Å². The Hall–Kier alpha value is 0.310. The second-order valence-corrected chi connectivity index (χ2v) is 6.32. The molecule has 0 amide bonds. The summed E-state index contributed by atoms with van der Waals surface area (Å²) in [6, 6.07) is 0.855. The summed E-state index contributed by atoms with van der Waals surface area (Å²) >= 11 is 0. The van der Waals surface area contributed by atoms with Gasteiger partial charge in [-0.2, -0.15) is 0 Å². The molecule has 0 saturated carbocycles. The number of thiol groups is 1. The molecule has 1 rings (SSSR count). The fourth-order valence-corrected chi connectivity index (χ4v) is 2.88. The minimum Gasteiger partial charge on any atom is -0.293 e. The SMILES string of the molecule is CC1CCCCN1C[SH](C)C. The van der Waals surface area contributed by atoms with Crippen LogP contribution in [0, 0.1) is 0 Å². The van der Waals surface area contributed by atoms with E-state index >= 15 is 0 Å². The first kappa shape index (κ1) is 9.40. The molecule has 1 aliphatic rings. The Balaban J connectivity index is 2.29. The third kappa shape index (κ3) is 3.04. The predicted molar refractivity (Wildman–Crippen MR) is 55.7 cm³/mol. The maximum absolute atomic E-state index is 2.66. The lowest BCUT2D eigenvalue weighted by molar-refractivity contribution is 0.191. The molecular weight excluding hydrogens is 154 g/mol.